The molecule has 0 spiro atoms. The van der Waals surface area contributed by atoms with Crippen LogP contribution >= 0.6 is 0 Å². The molecule has 1 aromatic rings. The van der Waals surface area contributed by atoms with Crippen molar-refractivity contribution in [3.8, 4) is 0 Å². The Labute approximate surface area is 107 Å². The third-order valence-electron chi connectivity index (χ3n) is 3.38. The van der Waals surface area contributed by atoms with Gasteiger partial charge in [-0.3, -0.25) is 4.90 Å². The van der Waals surface area contributed by atoms with Crippen LogP contribution in [0.2, 0.25) is 0 Å². The zero-order valence-corrected chi connectivity index (χ0v) is 9.78. The molecule has 0 aliphatic carbocycles. The lowest BCUT2D eigenvalue weighted by Crippen LogP contribution is -2.38. The molecule has 2 heterocycles. The number of alkyl halides is 3. The van der Waals surface area contributed by atoms with Gasteiger partial charge in [-0.15, -0.1) is 0 Å². The number of hydrogen-bond acceptors (Lipinski definition) is 3. The standard InChI is InChI=1S/C12H11F3N2O2/c13-12(14,15)7-3-1-2-4-8(7)17-9-5-16-6-10(9)19-11(17)18/h1-4,9-10,16H,5-6H2. The van der Waals surface area contributed by atoms with E-state index in [9.17, 15) is 18.0 Å². The van der Waals surface area contributed by atoms with Crippen molar-refractivity contribution >= 4 is 11.8 Å². The van der Waals surface area contributed by atoms with E-state index in [1.807, 2.05) is 0 Å². The second kappa shape index (κ2) is 4.12. The highest BCUT2D eigenvalue weighted by Gasteiger charge is 2.48. The van der Waals surface area contributed by atoms with E-state index in [-0.39, 0.29) is 17.8 Å². The molecule has 3 rings (SSSR count). The fraction of sp³-hybridized carbons (Fsp3) is 0.417. The van der Waals surface area contributed by atoms with Gasteiger partial charge < -0.3 is 10.1 Å². The first kappa shape index (κ1) is 12.3. The van der Waals surface area contributed by atoms with Crippen molar-refractivity contribution < 1.29 is 22.7 Å². The van der Waals surface area contributed by atoms with Crippen molar-refractivity contribution in [2.45, 2.75) is 18.3 Å². The van der Waals surface area contributed by atoms with Crippen molar-refractivity contribution in [3.05, 3.63) is 29.8 Å². The van der Waals surface area contributed by atoms with Gasteiger partial charge in [-0.1, -0.05) is 12.1 Å². The second-order valence-corrected chi connectivity index (χ2v) is 4.53. The summed E-state index contributed by atoms with van der Waals surface area (Å²) in [5.74, 6) is 0. The summed E-state index contributed by atoms with van der Waals surface area (Å²) in [5.41, 5.74) is -0.962. The minimum absolute atomic E-state index is 0.142. The quantitative estimate of drug-likeness (QED) is 0.850. The highest BCUT2D eigenvalue weighted by Crippen LogP contribution is 2.39. The van der Waals surface area contributed by atoms with Crippen LogP contribution in [-0.4, -0.2) is 31.3 Å². The normalized spacial score (nSPS) is 26.5. The van der Waals surface area contributed by atoms with Crippen LogP contribution in [0.1, 0.15) is 5.56 Å². The number of nitrogens with one attached hydrogen (secondary N) is 1. The first-order valence-corrected chi connectivity index (χ1v) is 5.85. The molecule has 0 saturated carbocycles. The number of carbonyl (C=O) groups excluding carboxylic acids is 1. The number of carbonyl (C=O) groups is 1. The lowest BCUT2D eigenvalue weighted by atomic mass is 10.1. The molecular weight excluding hydrogens is 261 g/mol. The number of anilines is 1. The number of ether oxygens (including phenoxy) is 1. The minimum Gasteiger partial charge on any atom is -0.442 e. The topological polar surface area (TPSA) is 41.6 Å². The van der Waals surface area contributed by atoms with Crippen molar-refractivity contribution in [1.82, 2.24) is 5.32 Å². The van der Waals surface area contributed by atoms with Gasteiger partial charge in [0.1, 0.15) is 6.10 Å². The number of para-hydroxylation sites is 1. The summed E-state index contributed by atoms with van der Waals surface area (Å²) in [6, 6.07) is 4.67. The molecule has 0 radical (unpaired) electrons. The maximum atomic E-state index is 13.0. The molecule has 2 fully saturated rings. The van der Waals surface area contributed by atoms with Crippen LogP contribution in [0.25, 0.3) is 0 Å². The van der Waals surface area contributed by atoms with Gasteiger partial charge in [-0.2, -0.15) is 13.2 Å². The van der Waals surface area contributed by atoms with Gasteiger partial charge in [-0.25, -0.2) is 4.79 Å². The van der Waals surface area contributed by atoms with Crippen LogP contribution in [-0.2, 0) is 10.9 Å². The number of rotatable bonds is 1. The Morgan fingerprint density at radius 1 is 1.26 bits per heavy atom. The zero-order chi connectivity index (χ0) is 13.6. The molecule has 2 saturated heterocycles. The number of nitrogens with zero attached hydrogens (tertiary/aromatic N) is 1. The van der Waals surface area contributed by atoms with Gasteiger partial charge in [0.05, 0.1) is 17.3 Å². The number of fused-ring (bicyclic) bond motifs is 1. The molecule has 0 bridgehead atoms. The monoisotopic (exact) mass is 272 g/mol. The van der Waals surface area contributed by atoms with Crippen LogP contribution in [0, 0.1) is 0 Å². The van der Waals surface area contributed by atoms with Crippen molar-refractivity contribution in [2.75, 3.05) is 18.0 Å². The number of amides is 1. The third kappa shape index (κ3) is 1.94. The van der Waals surface area contributed by atoms with Crippen LogP contribution in [0.4, 0.5) is 23.7 Å². The maximum Gasteiger partial charge on any atom is 0.418 e. The van der Waals surface area contributed by atoms with Gasteiger partial charge in [0, 0.05) is 13.1 Å². The molecule has 0 aromatic heterocycles. The molecule has 7 heteroatoms. The lowest BCUT2D eigenvalue weighted by molar-refractivity contribution is -0.137. The predicted molar refractivity (Wildman–Crippen MR) is 60.8 cm³/mol. The zero-order valence-electron chi connectivity index (χ0n) is 9.78. The number of hydrogen-bond donors (Lipinski definition) is 1. The summed E-state index contributed by atoms with van der Waals surface area (Å²) >= 11 is 0. The van der Waals surface area contributed by atoms with E-state index >= 15 is 0 Å². The van der Waals surface area contributed by atoms with E-state index in [0.717, 1.165) is 11.0 Å². The fourth-order valence-corrected chi connectivity index (χ4v) is 2.54. The average Bonchev–Trinajstić information content (AvgIpc) is 2.87. The summed E-state index contributed by atoms with van der Waals surface area (Å²) in [5, 5.41) is 3.00. The summed E-state index contributed by atoms with van der Waals surface area (Å²) in [6.07, 6.45) is -5.59. The van der Waals surface area contributed by atoms with Gasteiger partial charge in [0.2, 0.25) is 0 Å². The highest BCUT2D eigenvalue weighted by molar-refractivity contribution is 5.92. The molecule has 1 amide bonds. The molecule has 102 valence electrons. The van der Waals surface area contributed by atoms with E-state index in [0.29, 0.717) is 13.1 Å². The van der Waals surface area contributed by atoms with Crippen LogP contribution < -0.4 is 10.2 Å². The van der Waals surface area contributed by atoms with Crippen molar-refractivity contribution in [2.24, 2.45) is 0 Å². The summed E-state index contributed by atoms with van der Waals surface area (Å²) in [6.45, 7) is 0.906. The van der Waals surface area contributed by atoms with Crippen LogP contribution in [0.3, 0.4) is 0 Å². The summed E-state index contributed by atoms with van der Waals surface area (Å²) in [4.78, 5) is 12.9. The molecule has 2 atom stereocenters. The molecule has 19 heavy (non-hydrogen) atoms. The van der Waals surface area contributed by atoms with Gasteiger partial charge in [0.25, 0.3) is 0 Å². The Bertz CT molecular complexity index is 518. The summed E-state index contributed by atoms with van der Waals surface area (Å²) < 4.78 is 44.0. The smallest absolute Gasteiger partial charge is 0.418 e. The SMILES string of the molecule is O=C1OC2CNCC2N1c1ccccc1C(F)(F)F. The molecule has 2 aliphatic rings. The van der Waals surface area contributed by atoms with Crippen LogP contribution in [0.5, 0.6) is 0 Å². The molecule has 2 unspecified atom stereocenters. The number of benzene rings is 1. The predicted octanol–water partition coefficient (Wildman–Crippen LogP) is 2.00. The Kier molecular flexibility index (Phi) is 2.67. The Morgan fingerprint density at radius 2 is 2.00 bits per heavy atom. The van der Waals surface area contributed by atoms with Gasteiger partial charge in [0.15, 0.2) is 0 Å². The third-order valence-corrected chi connectivity index (χ3v) is 3.38. The molecule has 4 nitrogen and oxygen atoms in total. The Balaban J connectivity index is 2.05. The van der Waals surface area contributed by atoms with Gasteiger partial charge in [-0.05, 0) is 12.1 Å². The van der Waals surface area contributed by atoms with Crippen molar-refractivity contribution in [1.29, 1.82) is 0 Å². The molecule has 1 N–H and O–H groups in total. The lowest BCUT2D eigenvalue weighted by Gasteiger charge is -2.23. The van der Waals surface area contributed by atoms with Crippen LogP contribution in [0.15, 0.2) is 24.3 Å². The summed E-state index contributed by atoms with van der Waals surface area (Å²) in [7, 11) is 0. The highest BCUT2D eigenvalue weighted by atomic mass is 19.4. The van der Waals surface area contributed by atoms with Gasteiger partial charge >= 0.3 is 12.3 Å². The molecule has 2 aliphatic heterocycles. The second-order valence-electron chi connectivity index (χ2n) is 4.53. The van der Waals surface area contributed by atoms with E-state index in [1.54, 1.807) is 0 Å². The Hall–Kier alpha value is -1.76. The van der Waals surface area contributed by atoms with E-state index in [2.05, 4.69) is 5.32 Å². The van der Waals surface area contributed by atoms with Crippen molar-refractivity contribution in [3.63, 3.8) is 0 Å². The molecular formula is C12H11F3N2O2. The van der Waals surface area contributed by atoms with E-state index in [1.165, 1.54) is 18.2 Å². The number of halogens is 3. The maximum absolute atomic E-state index is 13.0. The average molecular weight is 272 g/mol. The largest absolute Gasteiger partial charge is 0.442 e. The minimum atomic E-state index is -4.50. The van der Waals surface area contributed by atoms with E-state index < -0.39 is 17.8 Å². The fourth-order valence-electron chi connectivity index (χ4n) is 2.54. The first-order chi connectivity index (χ1) is 8.98. The first-order valence-electron chi connectivity index (χ1n) is 5.85. The molecule has 1 aromatic carbocycles. The van der Waals surface area contributed by atoms with E-state index in [4.69, 9.17) is 4.74 Å². The Morgan fingerprint density at radius 3 is 2.74 bits per heavy atom.